The van der Waals surface area contributed by atoms with Crippen LogP contribution in [0.25, 0.3) is 0 Å². The van der Waals surface area contributed by atoms with Crippen molar-refractivity contribution < 1.29 is 13.2 Å². The lowest BCUT2D eigenvalue weighted by Crippen LogP contribution is -2.42. The topological polar surface area (TPSA) is 64.4 Å². The van der Waals surface area contributed by atoms with Crippen molar-refractivity contribution in [1.82, 2.24) is 14.1 Å². The number of rotatable bonds is 4. The average Bonchev–Trinajstić information content (AvgIpc) is 2.95. The highest BCUT2D eigenvalue weighted by molar-refractivity contribution is 7.88. The summed E-state index contributed by atoms with van der Waals surface area (Å²) < 4.78 is 34.1. The molecule has 1 saturated heterocycles. The second-order valence-corrected chi connectivity index (χ2v) is 7.38. The first-order valence-corrected chi connectivity index (χ1v) is 8.77. The van der Waals surface area contributed by atoms with Crippen molar-refractivity contribution in [3.05, 3.63) is 53.9 Å². The number of aromatic nitrogens is 2. The van der Waals surface area contributed by atoms with Gasteiger partial charge in [-0.3, -0.25) is 4.68 Å². The summed E-state index contributed by atoms with van der Waals surface area (Å²) in [5.74, 6) is 0.0214. The number of hydrogen-bond donors (Lipinski definition) is 0. The minimum absolute atomic E-state index is 0.0214. The first-order valence-electron chi connectivity index (χ1n) is 7.16. The second kappa shape index (κ2) is 6.20. The van der Waals surface area contributed by atoms with Crippen LogP contribution < -0.4 is 0 Å². The van der Waals surface area contributed by atoms with Crippen molar-refractivity contribution in [1.29, 1.82) is 0 Å². The number of ether oxygens (including phenoxy) is 1. The first kappa shape index (κ1) is 15.2. The zero-order valence-electron chi connectivity index (χ0n) is 12.4. The first-order chi connectivity index (χ1) is 10.5. The van der Waals surface area contributed by atoms with Crippen LogP contribution in [0.3, 0.4) is 0 Å². The molecule has 22 heavy (non-hydrogen) atoms. The summed E-state index contributed by atoms with van der Waals surface area (Å²) >= 11 is 0. The molecule has 0 bridgehead atoms. The fourth-order valence-electron chi connectivity index (χ4n) is 2.56. The number of sulfonamides is 1. The van der Waals surface area contributed by atoms with E-state index in [1.807, 2.05) is 43.6 Å². The monoisotopic (exact) mass is 321 g/mol. The van der Waals surface area contributed by atoms with Gasteiger partial charge in [0, 0.05) is 31.9 Å². The minimum atomic E-state index is -3.34. The Morgan fingerprint density at radius 2 is 2.09 bits per heavy atom. The summed E-state index contributed by atoms with van der Waals surface area (Å²) in [4.78, 5) is 0. The van der Waals surface area contributed by atoms with Gasteiger partial charge in [0.05, 0.1) is 24.7 Å². The number of benzene rings is 1. The van der Waals surface area contributed by atoms with Crippen LogP contribution in [-0.2, 0) is 27.6 Å². The molecule has 1 aliphatic rings. The van der Waals surface area contributed by atoms with E-state index in [1.54, 1.807) is 10.9 Å². The molecular formula is C15H19N3O3S. The number of hydrogen-bond acceptors (Lipinski definition) is 4. The molecule has 1 aromatic heterocycles. The molecular weight excluding hydrogens is 302 g/mol. The smallest absolute Gasteiger partial charge is 0.218 e. The van der Waals surface area contributed by atoms with Gasteiger partial charge in [0.1, 0.15) is 0 Å². The number of aryl methyl sites for hydroxylation is 1. The normalized spacial score (nSPS) is 20.1. The lowest BCUT2D eigenvalue weighted by atomic mass is 10.2. The molecule has 7 heteroatoms. The molecule has 0 amide bonds. The number of morpholine rings is 1. The van der Waals surface area contributed by atoms with Gasteiger partial charge >= 0.3 is 0 Å². The highest BCUT2D eigenvalue weighted by atomic mass is 32.2. The van der Waals surface area contributed by atoms with Gasteiger partial charge in [-0.25, -0.2) is 8.42 Å². The third-order valence-corrected chi connectivity index (χ3v) is 5.53. The molecule has 1 unspecified atom stereocenters. The maximum absolute atomic E-state index is 12.6. The predicted octanol–water partition coefficient (Wildman–Crippen LogP) is 1.32. The Bertz CT molecular complexity index is 728. The van der Waals surface area contributed by atoms with Crippen molar-refractivity contribution in [2.24, 2.45) is 7.05 Å². The van der Waals surface area contributed by atoms with E-state index in [0.29, 0.717) is 19.7 Å². The largest absolute Gasteiger partial charge is 0.371 e. The van der Waals surface area contributed by atoms with E-state index in [1.165, 1.54) is 4.31 Å². The van der Waals surface area contributed by atoms with Crippen LogP contribution in [0, 0.1) is 0 Å². The van der Waals surface area contributed by atoms with Gasteiger partial charge in [-0.05, 0) is 5.56 Å². The quantitative estimate of drug-likeness (QED) is 0.852. The van der Waals surface area contributed by atoms with Crippen molar-refractivity contribution in [2.75, 3.05) is 19.7 Å². The molecule has 0 radical (unpaired) electrons. The van der Waals surface area contributed by atoms with Gasteiger partial charge in [0.15, 0.2) is 0 Å². The minimum Gasteiger partial charge on any atom is -0.371 e. The molecule has 2 heterocycles. The summed E-state index contributed by atoms with van der Waals surface area (Å²) in [6.45, 7) is 1.13. The van der Waals surface area contributed by atoms with Crippen LogP contribution in [-0.4, -0.2) is 42.2 Å². The molecule has 1 aromatic carbocycles. The summed E-state index contributed by atoms with van der Waals surface area (Å²) in [6, 6.07) is 9.24. The molecule has 3 rings (SSSR count). The van der Waals surface area contributed by atoms with Crippen molar-refractivity contribution in [2.45, 2.75) is 11.9 Å². The molecule has 0 N–H and O–H groups in total. The summed E-state index contributed by atoms with van der Waals surface area (Å²) in [6.07, 6.45) is 3.32. The third-order valence-electron chi connectivity index (χ3n) is 3.71. The average molecular weight is 321 g/mol. The summed E-state index contributed by atoms with van der Waals surface area (Å²) in [7, 11) is -1.51. The molecule has 2 aromatic rings. The zero-order valence-corrected chi connectivity index (χ0v) is 13.2. The van der Waals surface area contributed by atoms with Gasteiger partial charge in [-0.2, -0.15) is 9.40 Å². The van der Waals surface area contributed by atoms with Crippen LogP contribution in [0.15, 0.2) is 42.7 Å². The second-order valence-electron chi connectivity index (χ2n) is 5.41. The Kier molecular flexibility index (Phi) is 4.28. The van der Waals surface area contributed by atoms with E-state index in [4.69, 9.17) is 4.74 Å². The highest BCUT2D eigenvalue weighted by Gasteiger charge is 2.30. The molecule has 1 aliphatic heterocycles. The van der Waals surface area contributed by atoms with Crippen molar-refractivity contribution in [3.63, 3.8) is 0 Å². The fraction of sp³-hybridized carbons (Fsp3) is 0.400. The van der Waals surface area contributed by atoms with Crippen LogP contribution in [0.1, 0.15) is 17.2 Å². The van der Waals surface area contributed by atoms with E-state index in [9.17, 15) is 8.42 Å². The van der Waals surface area contributed by atoms with Gasteiger partial charge in [0.25, 0.3) is 0 Å². The highest BCUT2D eigenvalue weighted by Crippen LogP contribution is 2.24. The molecule has 6 nitrogen and oxygen atoms in total. The van der Waals surface area contributed by atoms with E-state index in [0.717, 1.165) is 11.1 Å². The molecule has 1 fully saturated rings. The van der Waals surface area contributed by atoms with Crippen LogP contribution in [0.5, 0.6) is 0 Å². The van der Waals surface area contributed by atoms with Crippen molar-refractivity contribution >= 4 is 10.0 Å². The van der Waals surface area contributed by atoms with Gasteiger partial charge < -0.3 is 4.74 Å². The summed E-state index contributed by atoms with van der Waals surface area (Å²) in [5.41, 5.74) is 1.70. The fourth-order valence-corrected chi connectivity index (χ4v) is 4.07. The van der Waals surface area contributed by atoms with E-state index in [-0.39, 0.29) is 11.9 Å². The van der Waals surface area contributed by atoms with Crippen LogP contribution >= 0.6 is 0 Å². The zero-order chi connectivity index (χ0) is 15.6. The Morgan fingerprint density at radius 3 is 2.77 bits per heavy atom. The predicted molar refractivity (Wildman–Crippen MR) is 82.5 cm³/mol. The maximum Gasteiger partial charge on any atom is 0.218 e. The Hall–Kier alpha value is -1.70. The lowest BCUT2D eigenvalue weighted by Gasteiger charge is -2.31. The Morgan fingerprint density at radius 1 is 1.32 bits per heavy atom. The standard InChI is InChI=1S/C15H19N3O3S/c1-17-10-14(9-16-17)15-11-18(7-8-21-15)22(19,20)12-13-5-3-2-4-6-13/h2-6,9-10,15H,7-8,11-12H2,1H3. The van der Waals surface area contributed by atoms with Gasteiger partial charge in [0.2, 0.25) is 10.0 Å². The van der Waals surface area contributed by atoms with E-state index >= 15 is 0 Å². The molecule has 1 atom stereocenters. The molecule has 0 aliphatic carbocycles. The van der Waals surface area contributed by atoms with Crippen LogP contribution in [0.4, 0.5) is 0 Å². The van der Waals surface area contributed by atoms with E-state index in [2.05, 4.69) is 5.10 Å². The van der Waals surface area contributed by atoms with Crippen molar-refractivity contribution in [3.8, 4) is 0 Å². The summed E-state index contributed by atoms with van der Waals surface area (Å²) in [5, 5.41) is 4.12. The maximum atomic E-state index is 12.6. The van der Waals surface area contributed by atoms with E-state index < -0.39 is 10.0 Å². The Balaban J connectivity index is 1.73. The lowest BCUT2D eigenvalue weighted by molar-refractivity contribution is -0.00263. The van der Waals surface area contributed by atoms with Crippen LogP contribution in [0.2, 0.25) is 0 Å². The number of nitrogens with zero attached hydrogens (tertiary/aromatic N) is 3. The SMILES string of the molecule is Cn1cc(C2CN(S(=O)(=O)Cc3ccccc3)CCO2)cn1. The molecule has 0 spiro atoms. The molecule has 118 valence electrons. The van der Waals surface area contributed by atoms with Gasteiger partial charge in [-0.1, -0.05) is 30.3 Å². The Labute approximate surface area is 130 Å². The van der Waals surface area contributed by atoms with Gasteiger partial charge in [-0.15, -0.1) is 0 Å². The molecule has 0 saturated carbocycles. The third kappa shape index (κ3) is 3.37.